The number of hydrogen-bond donors (Lipinski definition) is 3. The summed E-state index contributed by atoms with van der Waals surface area (Å²) in [6.45, 7) is 4.41. The summed E-state index contributed by atoms with van der Waals surface area (Å²) in [6, 6.07) is 35.0. The average molecular weight is 726 g/mol. The first-order chi connectivity index (χ1) is 25.2. The molecule has 1 unspecified atom stereocenters. The molecular weight excluding hydrogens is 691 g/mol. The van der Waals surface area contributed by atoms with E-state index in [4.69, 9.17) is 0 Å². The summed E-state index contributed by atoms with van der Waals surface area (Å²) in [5.41, 5.74) is 4.78. The Morgan fingerprint density at radius 2 is 1.63 bits per heavy atom. The summed E-state index contributed by atoms with van der Waals surface area (Å²) in [4.78, 5) is 56.2. The zero-order valence-electron chi connectivity index (χ0n) is 28.5. The molecule has 1 aliphatic heterocycles. The number of thiophene rings is 1. The molecule has 52 heavy (non-hydrogen) atoms. The molecule has 4 amide bonds. The molecule has 6 rings (SSSR count). The average Bonchev–Trinajstić information content (AvgIpc) is 3.50. The first-order valence-electron chi connectivity index (χ1n) is 16.6. The van der Waals surface area contributed by atoms with E-state index >= 15 is 0 Å². The molecule has 0 saturated carbocycles. The van der Waals surface area contributed by atoms with Crippen LogP contribution in [-0.2, 0) is 27.3 Å². The molecule has 2 heterocycles. The number of nitriles is 1. The molecule has 0 bridgehead atoms. The first kappa shape index (κ1) is 35.9. The monoisotopic (exact) mass is 725 g/mol. The van der Waals surface area contributed by atoms with Crippen LogP contribution in [0.25, 0.3) is 6.08 Å². The van der Waals surface area contributed by atoms with Gasteiger partial charge < -0.3 is 20.9 Å². The molecule has 1 aliphatic rings. The Hall–Kier alpha value is -5.96. The van der Waals surface area contributed by atoms with Gasteiger partial charge in [0.05, 0.1) is 12.1 Å². The Balaban J connectivity index is 1.23. The van der Waals surface area contributed by atoms with E-state index in [9.17, 15) is 24.4 Å². The predicted octanol–water partition coefficient (Wildman–Crippen LogP) is 7.71. The smallest absolute Gasteiger partial charge is 0.272 e. The molecule has 260 valence electrons. The molecule has 4 aromatic carbocycles. The Morgan fingerprint density at radius 3 is 2.35 bits per heavy atom. The van der Waals surface area contributed by atoms with Crippen molar-refractivity contribution in [1.29, 1.82) is 5.26 Å². The maximum atomic E-state index is 14.0. The van der Waals surface area contributed by atoms with Crippen molar-refractivity contribution in [2.75, 3.05) is 17.2 Å². The van der Waals surface area contributed by atoms with Crippen LogP contribution in [0.3, 0.4) is 0 Å². The van der Waals surface area contributed by atoms with Crippen molar-refractivity contribution in [1.82, 2.24) is 10.2 Å². The Labute approximate surface area is 310 Å². The van der Waals surface area contributed by atoms with Gasteiger partial charge in [-0.15, -0.1) is 23.1 Å². The van der Waals surface area contributed by atoms with E-state index in [-0.39, 0.29) is 17.5 Å². The predicted molar refractivity (Wildman–Crippen MR) is 206 cm³/mol. The van der Waals surface area contributed by atoms with E-state index in [2.05, 4.69) is 22.0 Å². The number of amides is 4. The fourth-order valence-corrected chi connectivity index (χ4v) is 8.11. The first-order valence-corrected chi connectivity index (χ1v) is 18.3. The minimum absolute atomic E-state index is 0.0300. The summed E-state index contributed by atoms with van der Waals surface area (Å²) in [5, 5.41) is 18.5. The van der Waals surface area contributed by atoms with Gasteiger partial charge in [-0.3, -0.25) is 19.2 Å². The lowest BCUT2D eigenvalue weighted by Gasteiger charge is -2.25. The second-order valence-corrected chi connectivity index (χ2v) is 14.5. The van der Waals surface area contributed by atoms with Crippen molar-refractivity contribution < 1.29 is 19.2 Å². The van der Waals surface area contributed by atoms with E-state index in [0.717, 1.165) is 27.1 Å². The van der Waals surface area contributed by atoms with Crippen LogP contribution in [0, 0.1) is 18.3 Å². The van der Waals surface area contributed by atoms with Gasteiger partial charge in [-0.05, 0) is 66.4 Å². The van der Waals surface area contributed by atoms with E-state index < -0.39 is 17.1 Å². The van der Waals surface area contributed by atoms with Crippen LogP contribution in [0.1, 0.15) is 55.2 Å². The number of hydrogen-bond acceptors (Lipinski definition) is 7. The second kappa shape index (κ2) is 16.4. The highest BCUT2D eigenvalue weighted by Gasteiger charge is 2.29. The van der Waals surface area contributed by atoms with Gasteiger partial charge in [0.2, 0.25) is 11.8 Å². The van der Waals surface area contributed by atoms with Crippen molar-refractivity contribution in [3.05, 3.63) is 153 Å². The molecule has 0 radical (unpaired) electrons. The fourth-order valence-electron chi connectivity index (χ4n) is 5.81. The standard InChI is InChI=1S/C41H35N5O4S2/c1-26-11-9-12-28(21-26)22-35(44-38(48)30-15-7-4-8-16-30)39(49)43-31-17-10-18-32(23-31)51-37(29-13-5-3-6-14-29)40(50)45-41-34(24-42)33-19-20-46(27(2)47)25-36(33)52-41/h3-18,21-23,37H,19-20,25H2,1-2H3,(H,43,49)(H,44,48)(H,45,50)/b35-22+. The largest absolute Gasteiger partial charge is 0.337 e. The molecule has 11 heteroatoms. The van der Waals surface area contributed by atoms with Gasteiger partial charge in [0.15, 0.2) is 0 Å². The van der Waals surface area contributed by atoms with Gasteiger partial charge in [0.1, 0.15) is 22.0 Å². The molecule has 0 fully saturated rings. The number of carbonyl (C=O) groups is 4. The Kier molecular flexibility index (Phi) is 11.3. The van der Waals surface area contributed by atoms with Crippen LogP contribution in [0.15, 0.2) is 120 Å². The third-order valence-electron chi connectivity index (χ3n) is 8.42. The molecule has 1 aromatic heterocycles. The number of carbonyl (C=O) groups excluding carboxylic acids is 4. The van der Waals surface area contributed by atoms with Crippen molar-refractivity contribution >= 4 is 63.5 Å². The topological polar surface area (TPSA) is 131 Å². The van der Waals surface area contributed by atoms with Crippen molar-refractivity contribution in [3.63, 3.8) is 0 Å². The van der Waals surface area contributed by atoms with Gasteiger partial charge in [-0.2, -0.15) is 5.26 Å². The Morgan fingerprint density at radius 1 is 0.904 bits per heavy atom. The SMILES string of the molecule is CC(=O)N1CCc2c(sc(NC(=O)C(Sc3cccc(NC(=O)/C(=C\c4cccc(C)c4)NC(=O)c4ccccc4)c3)c3ccccc3)c2C#N)C1. The lowest BCUT2D eigenvalue weighted by molar-refractivity contribution is -0.129. The van der Waals surface area contributed by atoms with Crippen LogP contribution in [-0.4, -0.2) is 35.1 Å². The molecule has 0 saturated heterocycles. The van der Waals surface area contributed by atoms with E-state index in [0.29, 0.717) is 46.2 Å². The Bertz CT molecular complexity index is 2210. The minimum Gasteiger partial charge on any atom is -0.337 e. The highest BCUT2D eigenvalue weighted by Crippen LogP contribution is 2.40. The molecule has 1 atom stereocenters. The van der Waals surface area contributed by atoms with E-state index in [1.54, 1.807) is 53.4 Å². The van der Waals surface area contributed by atoms with Gasteiger partial charge in [-0.1, -0.05) is 84.4 Å². The van der Waals surface area contributed by atoms with Crippen LogP contribution < -0.4 is 16.0 Å². The van der Waals surface area contributed by atoms with Gasteiger partial charge in [-0.25, -0.2) is 0 Å². The minimum atomic E-state index is -0.700. The highest BCUT2D eigenvalue weighted by molar-refractivity contribution is 8.00. The number of rotatable bonds is 10. The third kappa shape index (κ3) is 8.66. The number of nitrogens with zero attached hydrogens (tertiary/aromatic N) is 2. The number of anilines is 2. The molecule has 0 aliphatic carbocycles. The third-order valence-corrected chi connectivity index (χ3v) is 10.8. The molecular formula is C41H35N5O4S2. The maximum absolute atomic E-state index is 14.0. The molecule has 5 aromatic rings. The summed E-state index contributed by atoms with van der Waals surface area (Å²) in [5.74, 6) is -1.27. The number of fused-ring (bicyclic) bond motifs is 1. The van der Waals surface area contributed by atoms with Gasteiger partial charge in [0, 0.05) is 34.5 Å². The van der Waals surface area contributed by atoms with E-state index in [1.807, 2.05) is 73.7 Å². The lowest BCUT2D eigenvalue weighted by Crippen LogP contribution is -2.33. The van der Waals surface area contributed by atoms with Crippen LogP contribution >= 0.6 is 23.1 Å². The van der Waals surface area contributed by atoms with Crippen LogP contribution in [0.4, 0.5) is 10.7 Å². The molecule has 3 N–H and O–H groups in total. The lowest BCUT2D eigenvalue weighted by atomic mass is 10.0. The summed E-state index contributed by atoms with van der Waals surface area (Å²) in [7, 11) is 0. The van der Waals surface area contributed by atoms with Crippen molar-refractivity contribution in [2.45, 2.75) is 37.0 Å². The fraction of sp³-hybridized carbons (Fsp3) is 0.146. The second-order valence-electron chi connectivity index (χ2n) is 12.2. The van der Waals surface area contributed by atoms with Crippen LogP contribution in [0.5, 0.6) is 0 Å². The maximum Gasteiger partial charge on any atom is 0.272 e. The summed E-state index contributed by atoms with van der Waals surface area (Å²) < 4.78 is 0. The normalized spacial score (nSPS) is 12.9. The highest BCUT2D eigenvalue weighted by atomic mass is 32.2. The zero-order chi connectivity index (χ0) is 36.6. The zero-order valence-corrected chi connectivity index (χ0v) is 30.1. The number of thioether (sulfide) groups is 1. The van der Waals surface area contributed by atoms with Gasteiger partial charge in [0.25, 0.3) is 11.8 Å². The quantitative estimate of drug-likeness (QED) is 0.0999. The number of nitrogens with one attached hydrogen (secondary N) is 3. The van der Waals surface area contributed by atoms with Crippen molar-refractivity contribution in [2.24, 2.45) is 0 Å². The molecule has 0 spiro atoms. The molecule has 9 nitrogen and oxygen atoms in total. The van der Waals surface area contributed by atoms with Crippen molar-refractivity contribution in [3.8, 4) is 6.07 Å². The summed E-state index contributed by atoms with van der Waals surface area (Å²) in [6.07, 6.45) is 2.19. The number of aryl methyl sites for hydroxylation is 1. The van der Waals surface area contributed by atoms with E-state index in [1.165, 1.54) is 30.0 Å². The summed E-state index contributed by atoms with van der Waals surface area (Å²) >= 11 is 2.64. The number of benzene rings is 4. The van der Waals surface area contributed by atoms with Crippen LogP contribution in [0.2, 0.25) is 0 Å². The van der Waals surface area contributed by atoms with Gasteiger partial charge >= 0.3 is 0 Å².